The Bertz CT molecular complexity index is 1210. The van der Waals surface area contributed by atoms with Crippen molar-refractivity contribution in [3.63, 3.8) is 0 Å². The van der Waals surface area contributed by atoms with Crippen LogP contribution in [0.25, 0.3) is 11.4 Å². The van der Waals surface area contributed by atoms with Crippen molar-refractivity contribution in [3.05, 3.63) is 59.6 Å². The third-order valence-corrected chi connectivity index (χ3v) is 6.74. The second-order valence-corrected chi connectivity index (χ2v) is 8.83. The van der Waals surface area contributed by atoms with Crippen molar-refractivity contribution in [2.75, 3.05) is 16.8 Å². The van der Waals surface area contributed by atoms with E-state index in [2.05, 4.69) is 15.3 Å². The molecule has 1 fully saturated rings. The van der Waals surface area contributed by atoms with E-state index >= 15 is 0 Å². The zero-order chi connectivity index (χ0) is 22.3. The summed E-state index contributed by atoms with van der Waals surface area (Å²) in [5, 5.41) is 5.13. The lowest BCUT2D eigenvalue weighted by Crippen LogP contribution is -2.62. The van der Waals surface area contributed by atoms with Crippen LogP contribution in [-0.4, -0.2) is 44.8 Å². The molecule has 32 heavy (non-hydrogen) atoms. The van der Waals surface area contributed by atoms with E-state index in [-0.39, 0.29) is 30.7 Å². The molecule has 1 aromatic carbocycles. The van der Waals surface area contributed by atoms with Crippen LogP contribution >= 0.6 is 11.3 Å². The molecule has 4 heterocycles. The fourth-order valence-electron chi connectivity index (χ4n) is 4.40. The van der Waals surface area contributed by atoms with E-state index in [1.807, 2.05) is 36.6 Å². The Labute approximate surface area is 188 Å². The van der Waals surface area contributed by atoms with Gasteiger partial charge in [-0.3, -0.25) is 24.3 Å². The third kappa shape index (κ3) is 3.34. The molecular weight excluding hydrogens is 426 g/mol. The number of fused-ring (bicyclic) bond motifs is 3. The van der Waals surface area contributed by atoms with E-state index in [4.69, 9.17) is 0 Å². The number of pyridine rings is 1. The van der Waals surface area contributed by atoms with E-state index in [9.17, 15) is 14.4 Å². The molecular formula is C23H21N5O3S. The van der Waals surface area contributed by atoms with Gasteiger partial charge in [-0.15, -0.1) is 11.3 Å². The summed E-state index contributed by atoms with van der Waals surface area (Å²) in [4.78, 5) is 50.6. The van der Waals surface area contributed by atoms with Gasteiger partial charge in [0.25, 0.3) is 5.91 Å². The third-order valence-electron chi connectivity index (χ3n) is 5.99. The highest BCUT2D eigenvalue weighted by molar-refractivity contribution is 7.14. The predicted octanol–water partition coefficient (Wildman–Crippen LogP) is 3.53. The number of thiazole rings is 1. The second-order valence-electron chi connectivity index (χ2n) is 7.97. The first-order valence-electron chi connectivity index (χ1n) is 10.4. The summed E-state index contributed by atoms with van der Waals surface area (Å²) in [6, 6.07) is 12.7. The lowest BCUT2D eigenvalue weighted by Gasteiger charge is -2.48. The van der Waals surface area contributed by atoms with E-state index in [0.717, 1.165) is 5.69 Å². The van der Waals surface area contributed by atoms with Crippen molar-refractivity contribution < 1.29 is 14.4 Å². The number of nitrogens with zero attached hydrogens (tertiary/aromatic N) is 4. The number of carbonyl (C=O) groups excluding carboxylic acids is 3. The van der Waals surface area contributed by atoms with Gasteiger partial charge < -0.3 is 10.2 Å². The summed E-state index contributed by atoms with van der Waals surface area (Å²) in [7, 11) is 0. The molecule has 2 aliphatic rings. The minimum Gasteiger partial charge on any atom is -0.315 e. The summed E-state index contributed by atoms with van der Waals surface area (Å²) in [5.74, 6) is -0.404. The molecule has 2 aliphatic heterocycles. The van der Waals surface area contributed by atoms with E-state index < -0.39 is 5.66 Å². The van der Waals surface area contributed by atoms with E-state index in [0.29, 0.717) is 34.9 Å². The summed E-state index contributed by atoms with van der Waals surface area (Å²) in [6.07, 6.45) is 2.70. The van der Waals surface area contributed by atoms with Gasteiger partial charge in [0, 0.05) is 31.0 Å². The highest BCUT2D eigenvalue weighted by Gasteiger charge is 2.52. The van der Waals surface area contributed by atoms with Crippen LogP contribution in [-0.2, 0) is 9.59 Å². The van der Waals surface area contributed by atoms with Crippen LogP contribution < -0.4 is 10.2 Å². The molecule has 1 unspecified atom stereocenters. The number of benzene rings is 1. The number of hydrogen-bond acceptors (Lipinski definition) is 6. The van der Waals surface area contributed by atoms with Crippen molar-refractivity contribution in [2.45, 2.75) is 31.8 Å². The Kier molecular flexibility index (Phi) is 4.97. The van der Waals surface area contributed by atoms with Crippen molar-refractivity contribution in [1.29, 1.82) is 0 Å². The van der Waals surface area contributed by atoms with Crippen molar-refractivity contribution >= 4 is 39.9 Å². The summed E-state index contributed by atoms with van der Waals surface area (Å²) >= 11 is 1.32. The van der Waals surface area contributed by atoms with Crippen LogP contribution in [0, 0.1) is 0 Å². The maximum atomic E-state index is 13.2. The average Bonchev–Trinajstić information content (AvgIpc) is 3.39. The van der Waals surface area contributed by atoms with Gasteiger partial charge in [-0.2, -0.15) is 0 Å². The van der Waals surface area contributed by atoms with Crippen LogP contribution in [0.3, 0.4) is 0 Å². The normalized spacial score (nSPS) is 19.7. The topological polar surface area (TPSA) is 95.5 Å². The number of rotatable bonds is 5. The fourth-order valence-corrected chi connectivity index (χ4v) is 5.12. The van der Waals surface area contributed by atoms with E-state index in [1.54, 1.807) is 34.2 Å². The molecule has 1 saturated heterocycles. The summed E-state index contributed by atoms with van der Waals surface area (Å²) in [6.45, 7) is 2.10. The van der Waals surface area contributed by atoms with Gasteiger partial charge in [-0.05, 0) is 37.6 Å². The predicted molar refractivity (Wildman–Crippen MR) is 121 cm³/mol. The molecule has 2 aromatic heterocycles. The van der Waals surface area contributed by atoms with Gasteiger partial charge in [-0.1, -0.05) is 18.2 Å². The number of amides is 3. The number of aromatic nitrogens is 2. The molecule has 0 radical (unpaired) electrons. The van der Waals surface area contributed by atoms with Crippen LogP contribution in [0.15, 0.2) is 54.0 Å². The lowest BCUT2D eigenvalue weighted by molar-refractivity contribution is -0.117. The Morgan fingerprint density at radius 2 is 1.97 bits per heavy atom. The van der Waals surface area contributed by atoms with Gasteiger partial charge in [0.05, 0.1) is 16.9 Å². The molecule has 0 bridgehead atoms. The van der Waals surface area contributed by atoms with Crippen molar-refractivity contribution in [3.8, 4) is 11.4 Å². The van der Waals surface area contributed by atoms with E-state index in [1.165, 1.54) is 11.3 Å². The smallest absolute Gasteiger partial charge is 0.257 e. The molecule has 0 aliphatic carbocycles. The molecule has 1 atom stereocenters. The van der Waals surface area contributed by atoms with Gasteiger partial charge in [0.1, 0.15) is 11.4 Å². The number of anilines is 2. The highest BCUT2D eigenvalue weighted by Crippen LogP contribution is 2.44. The van der Waals surface area contributed by atoms with Gasteiger partial charge in [0.2, 0.25) is 11.8 Å². The van der Waals surface area contributed by atoms with Crippen molar-refractivity contribution in [2.24, 2.45) is 0 Å². The molecule has 162 valence electrons. The molecule has 1 N–H and O–H groups in total. The molecule has 3 amide bonds. The number of nitrogens with one attached hydrogen (secondary N) is 1. The number of hydrogen-bond donors (Lipinski definition) is 1. The maximum Gasteiger partial charge on any atom is 0.257 e. The van der Waals surface area contributed by atoms with Gasteiger partial charge >= 0.3 is 0 Å². The lowest BCUT2D eigenvalue weighted by atomic mass is 9.98. The molecule has 5 rings (SSSR count). The Morgan fingerprint density at radius 3 is 2.78 bits per heavy atom. The van der Waals surface area contributed by atoms with Crippen LogP contribution in [0.4, 0.5) is 10.8 Å². The van der Waals surface area contributed by atoms with Gasteiger partial charge in [-0.25, -0.2) is 4.98 Å². The van der Waals surface area contributed by atoms with Gasteiger partial charge in [0.15, 0.2) is 5.13 Å². The monoisotopic (exact) mass is 447 g/mol. The van der Waals surface area contributed by atoms with Crippen molar-refractivity contribution in [1.82, 2.24) is 14.9 Å². The molecule has 0 spiro atoms. The zero-order valence-electron chi connectivity index (χ0n) is 17.4. The molecule has 9 heteroatoms. The first kappa shape index (κ1) is 20.3. The summed E-state index contributed by atoms with van der Waals surface area (Å²) < 4.78 is 0. The fraction of sp³-hybridized carbons (Fsp3) is 0.261. The zero-order valence-corrected chi connectivity index (χ0v) is 18.3. The standard InChI is InChI=1S/C23H21N5O3S/c1-23-11-9-20(30)28(23)18-8-3-2-6-15(18)21(31)27(23)13-10-19(29)26-22-25-17(14-32-22)16-7-4-5-12-24-16/h2-8,12,14H,9-11,13H2,1H3,(H,25,26,29). The highest BCUT2D eigenvalue weighted by atomic mass is 32.1. The van der Waals surface area contributed by atoms with Crippen LogP contribution in [0.5, 0.6) is 0 Å². The summed E-state index contributed by atoms with van der Waals surface area (Å²) in [5.41, 5.74) is 1.80. The average molecular weight is 448 g/mol. The second kappa shape index (κ2) is 7.83. The number of carbonyl (C=O) groups is 3. The SMILES string of the molecule is CC12CCC(=O)N1c1ccccc1C(=O)N2CCC(=O)Nc1nc(-c2ccccn2)cs1. The Hall–Kier alpha value is -3.59. The first-order chi connectivity index (χ1) is 15.5. The Balaban J connectivity index is 1.30. The largest absolute Gasteiger partial charge is 0.315 e. The molecule has 8 nitrogen and oxygen atoms in total. The molecule has 3 aromatic rings. The Morgan fingerprint density at radius 1 is 1.16 bits per heavy atom. The quantitative estimate of drug-likeness (QED) is 0.646. The molecule has 0 saturated carbocycles. The maximum absolute atomic E-state index is 13.2. The van der Waals surface area contributed by atoms with Crippen LogP contribution in [0.2, 0.25) is 0 Å². The van der Waals surface area contributed by atoms with Crippen LogP contribution in [0.1, 0.15) is 36.5 Å². The first-order valence-corrected chi connectivity index (χ1v) is 11.3. The number of para-hydroxylation sites is 1. The minimum absolute atomic E-state index is 0.00765. The minimum atomic E-state index is -0.768.